The summed E-state index contributed by atoms with van der Waals surface area (Å²) in [5.74, 6) is 0. The second-order valence-corrected chi connectivity index (χ2v) is 4.11. The van der Waals surface area contributed by atoms with Gasteiger partial charge < -0.3 is 10.0 Å². The average molecular weight is 206 g/mol. The van der Waals surface area contributed by atoms with Crippen LogP contribution in [0.2, 0.25) is 0 Å². The number of rotatable bonds is 4. The SMILES string of the molecule is OCc1ccc(CCN2CCCC2)nc1. The van der Waals surface area contributed by atoms with Crippen LogP contribution in [-0.4, -0.2) is 34.6 Å². The van der Waals surface area contributed by atoms with Gasteiger partial charge in [0.05, 0.1) is 6.61 Å². The second-order valence-electron chi connectivity index (χ2n) is 4.11. The van der Waals surface area contributed by atoms with Crippen molar-refractivity contribution >= 4 is 0 Å². The Balaban J connectivity index is 1.82. The summed E-state index contributed by atoms with van der Waals surface area (Å²) in [7, 11) is 0. The molecule has 0 bridgehead atoms. The predicted octanol–water partition coefficient (Wildman–Crippen LogP) is 1.21. The van der Waals surface area contributed by atoms with Crippen LogP contribution in [0.25, 0.3) is 0 Å². The third-order valence-electron chi connectivity index (χ3n) is 2.95. The number of nitrogens with zero attached hydrogens (tertiary/aromatic N) is 2. The minimum atomic E-state index is 0.0827. The van der Waals surface area contributed by atoms with E-state index in [0.29, 0.717) is 0 Å². The molecule has 1 aliphatic heterocycles. The van der Waals surface area contributed by atoms with E-state index in [0.717, 1.165) is 24.2 Å². The molecule has 2 rings (SSSR count). The van der Waals surface area contributed by atoms with Gasteiger partial charge in [-0.3, -0.25) is 4.98 Å². The summed E-state index contributed by atoms with van der Waals surface area (Å²) in [5.41, 5.74) is 2.01. The lowest BCUT2D eigenvalue weighted by Gasteiger charge is -2.13. The molecule has 1 aliphatic rings. The van der Waals surface area contributed by atoms with Gasteiger partial charge in [0, 0.05) is 24.9 Å². The zero-order chi connectivity index (χ0) is 10.5. The van der Waals surface area contributed by atoms with Crippen molar-refractivity contribution < 1.29 is 5.11 Å². The largest absolute Gasteiger partial charge is 0.392 e. The number of aromatic nitrogens is 1. The van der Waals surface area contributed by atoms with Crippen LogP contribution in [0, 0.1) is 0 Å². The first-order valence-corrected chi connectivity index (χ1v) is 5.65. The molecule has 0 saturated carbocycles. The van der Waals surface area contributed by atoms with Crippen LogP contribution in [0.3, 0.4) is 0 Å². The van der Waals surface area contributed by atoms with Gasteiger partial charge in [0.15, 0.2) is 0 Å². The fraction of sp³-hybridized carbons (Fsp3) is 0.583. The first kappa shape index (κ1) is 10.6. The number of aliphatic hydroxyl groups is 1. The Labute approximate surface area is 90.8 Å². The van der Waals surface area contributed by atoms with Crippen molar-refractivity contribution in [3.8, 4) is 0 Å². The Bertz CT molecular complexity index is 291. The fourth-order valence-corrected chi connectivity index (χ4v) is 1.98. The average Bonchev–Trinajstić information content (AvgIpc) is 2.80. The Morgan fingerprint density at radius 2 is 2.07 bits per heavy atom. The zero-order valence-electron chi connectivity index (χ0n) is 9.02. The molecule has 0 atom stereocenters. The van der Waals surface area contributed by atoms with Gasteiger partial charge in [-0.2, -0.15) is 0 Å². The maximum atomic E-state index is 8.88. The summed E-state index contributed by atoms with van der Waals surface area (Å²) in [5, 5.41) is 8.88. The quantitative estimate of drug-likeness (QED) is 0.804. The molecule has 1 aromatic heterocycles. The van der Waals surface area contributed by atoms with Gasteiger partial charge in [-0.05, 0) is 37.6 Å². The zero-order valence-corrected chi connectivity index (χ0v) is 9.02. The molecule has 1 N–H and O–H groups in total. The van der Waals surface area contributed by atoms with Gasteiger partial charge in [-0.25, -0.2) is 0 Å². The summed E-state index contributed by atoms with van der Waals surface area (Å²) in [6.07, 6.45) is 5.47. The lowest BCUT2D eigenvalue weighted by Crippen LogP contribution is -2.22. The van der Waals surface area contributed by atoms with Crippen LogP contribution in [0.15, 0.2) is 18.3 Å². The van der Waals surface area contributed by atoms with E-state index in [9.17, 15) is 0 Å². The Kier molecular flexibility index (Phi) is 3.69. The van der Waals surface area contributed by atoms with Crippen LogP contribution in [0.1, 0.15) is 24.1 Å². The van der Waals surface area contributed by atoms with Gasteiger partial charge in [0.1, 0.15) is 0 Å². The van der Waals surface area contributed by atoms with Crippen LogP contribution < -0.4 is 0 Å². The van der Waals surface area contributed by atoms with E-state index >= 15 is 0 Å². The van der Waals surface area contributed by atoms with Gasteiger partial charge >= 0.3 is 0 Å². The summed E-state index contributed by atoms with van der Waals surface area (Å²) < 4.78 is 0. The Morgan fingerprint density at radius 3 is 2.67 bits per heavy atom. The molecule has 1 aromatic rings. The van der Waals surface area contributed by atoms with Crippen LogP contribution in [0.5, 0.6) is 0 Å². The molecule has 1 saturated heterocycles. The van der Waals surface area contributed by atoms with Crippen molar-refractivity contribution in [3.05, 3.63) is 29.6 Å². The monoisotopic (exact) mass is 206 g/mol. The topological polar surface area (TPSA) is 36.4 Å². The summed E-state index contributed by atoms with van der Waals surface area (Å²) in [6.45, 7) is 3.69. The fourth-order valence-electron chi connectivity index (χ4n) is 1.98. The molecule has 0 radical (unpaired) electrons. The molecular weight excluding hydrogens is 188 g/mol. The maximum absolute atomic E-state index is 8.88. The lowest BCUT2D eigenvalue weighted by molar-refractivity contribution is 0.281. The van der Waals surface area contributed by atoms with Crippen molar-refractivity contribution in [1.29, 1.82) is 0 Å². The Morgan fingerprint density at radius 1 is 1.27 bits per heavy atom. The summed E-state index contributed by atoms with van der Waals surface area (Å²) >= 11 is 0. The molecule has 1 fully saturated rings. The summed E-state index contributed by atoms with van der Waals surface area (Å²) in [6, 6.07) is 3.97. The molecule has 0 aliphatic carbocycles. The molecule has 82 valence electrons. The highest BCUT2D eigenvalue weighted by Crippen LogP contribution is 2.08. The summed E-state index contributed by atoms with van der Waals surface area (Å²) in [4.78, 5) is 6.81. The minimum absolute atomic E-state index is 0.0827. The van der Waals surface area contributed by atoms with Crippen molar-refractivity contribution in [2.45, 2.75) is 25.9 Å². The van der Waals surface area contributed by atoms with Crippen molar-refractivity contribution in [2.24, 2.45) is 0 Å². The van der Waals surface area contributed by atoms with E-state index in [1.54, 1.807) is 6.20 Å². The number of pyridine rings is 1. The lowest BCUT2D eigenvalue weighted by atomic mass is 10.2. The minimum Gasteiger partial charge on any atom is -0.392 e. The van der Waals surface area contributed by atoms with E-state index in [2.05, 4.69) is 9.88 Å². The van der Waals surface area contributed by atoms with Gasteiger partial charge in [0.25, 0.3) is 0 Å². The Hall–Kier alpha value is -0.930. The third-order valence-corrected chi connectivity index (χ3v) is 2.95. The van der Waals surface area contributed by atoms with E-state index < -0.39 is 0 Å². The molecular formula is C12H18N2O. The molecule has 0 unspecified atom stereocenters. The number of hydrogen-bond donors (Lipinski definition) is 1. The van der Waals surface area contributed by atoms with Crippen LogP contribution >= 0.6 is 0 Å². The molecule has 3 nitrogen and oxygen atoms in total. The predicted molar refractivity (Wildman–Crippen MR) is 59.5 cm³/mol. The van der Waals surface area contributed by atoms with Gasteiger partial charge in [-0.1, -0.05) is 6.07 Å². The highest BCUT2D eigenvalue weighted by atomic mass is 16.3. The standard InChI is InChI=1S/C12H18N2O/c15-10-11-3-4-12(13-9-11)5-8-14-6-1-2-7-14/h3-4,9,15H,1-2,5-8,10H2. The first-order valence-electron chi connectivity index (χ1n) is 5.65. The third kappa shape index (κ3) is 3.01. The smallest absolute Gasteiger partial charge is 0.0696 e. The van der Waals surface area contributed by atoms with E-state index in [1.807, 2.05) is 12.1 Å². The van der Waals surface area contributed by atoms with Gasteiger partial charge in [0.2, 0.25) is 0 Å². The molecule has 15 heavy (non-hydrogen) atoms. The molecule has 0 amide bonds. The molecule has 0 aromatic carbocycles. The highest BCUT2D eigenvalue weighted by Gasteiger charge is 2.10. The van der Waals surface area contributed by atoms with Crippen molar-refractivity contribution in [2.75, 3.05) is 19.6 Å². The van der Waals surface area contributed by atoms with Crippen molar-refractivity contribution in [3.63, 3.8) is 0 Å². The number of likely N-dealkylation sites (tertiary alicyclic amines) is 1. The van der Waals surface area contributed by atoms with Crippen LogP contribution in [0.4, 0.5) is 0 Å². The number of hydrogen-bond acceptors (Lipinski definition) is 3. The highest BCUT2D eigenvalue weighted by molar-refractivity contribution is 5.13. The molecule has 2 heterocycles. The van der Waals surface area contributed by atoms with Crippen molar-refractivity contribution in [1.82, 2.24) is 9.88 Å². The van der Waals surface area contributed by atoms with E-state index in [4.69, 9.17) is 5.11 Å². The second kappa shape index (κ2) is 5.24. The molecule has 0 spiro atoms. The van der Waals surface area contributed by atoms with Crippen LogP contribution in [-0.2, 0) is 13.0 Å². The number of aliphatic hydroxyl groups excluding tert-OH is 1. The first-order chi connectivity index (χ1) is 7.38. The van der Waals surface area contributed by atoms with E-state index in [-0.39, 0.29) is 6.61 Å². The maximum Gasteiger partial charge on any atom is 0.0696 e. The normalized spacial score (nSPS) is 17.1. The van der Waals surface area contributed by atoms with Gasteiger partial charge in [-0.15, -0.1) is 0 Å². The molecule has 3 heteroatoms. The van der Waals surface area contributed by atoms with E-state index in [1.165, 1.54) is 25.9 Å².